The van der Waals surface area contributed by atoms with Gasteiger partial charge in [0.25, 0.3) is 0 Å². The lowest BCUT2D eigenvalue weighted by molar-refractivity contribution is 0.469. The maximum atomic E-state index is 5.08. The van der Waals surface area contributed by atoms with E-state index in [1.807, 2.05) is 6.20 Å². The predicted molar refractivity (Wildman–Crippen MR) is 138 cm³/mol. The minimum Gasteiger partial charge on any atom is -0.369 e. The Hall–Kier alpha value is -3.20. The molecule has 1 aliphatic carbocycles. The Kier molecular flexibility index (Phi) is 6.01. The zero-order valence-corrected chi connectivity index (χ0v) is 20.7. The van der Waals surface area contributed by atoms with Gasteiger partial charge < -0.3 is 20.4 Å². The van der Waals surface area contributed by atoms with Crippen LogP contribution in [0.2, 0.25) is 0 Å². The number of anilines is 3. The molecule has 0 amide bonds. The van der Waals surface area contributed by atoms with E-state index in [0.717, 1.165) is 49.9 Å². The van der Waals surface area contributed by atoms with Crippen molar-refractivity contribution >= 4 is 17.5 Å². The van der Waals surface area contributed by atoms with Crippen LogP contribution in [0.25, 0.3) is 5.69 Å². The van der Waals surface area contributed by atoms with Crippen LogP contribution >= 0.6 is 0 Å². The molecule has 2 atom stereocenters. The lowest BCUT2D eigenvalue weighted by atomic mass is 10.0. The number of benzene rings is 1. The molecule has 35 heavy (non-hydrogen) atoms. The molecule has 2 fully saturated rings. The minimum atomic E-state index is 0.0982. The van der Waals surface area contributed by atoms with E-state index in [4.69, 9.17) is 9.97 Å². The van der Waals surface area contributed by atoms with Gasteiger partial charge in [-0.1, -0.05) is 31.9 Å². The molecule has 0 radical (unpaired) electrons. The van der Waals surface area contributed by atoms with E-state index in [2.05, 4.69) is 73.3 Å². The Balaban J connectivity index is 1.26. The fraction of sp³-hybridized carbons (Fsp3) is 0.538. The Morgan fingerprint density at radius 1 is 1.11 bits per heavy atom. The van der Waals surface area contributed by atoms with E-state index in [1.54, 1.807) is 6.33 Å². The van der Waals surface area contributed by atoms with Crippen molar-refractivity contribution in [3.05, 3.63) is 48.2 Å². The zero-order valence-electron chi connectivity index (χ0n) is 20.7. The number of piperazine rings is 1. The van der Waals surface area contributed by atoms with Gasteiger partial charge in [0.15, 0.2) is 11.6 Å². The summed E-state index contributed by atoms with van der Waals surface area (Å²) in [6.07, 6.45) is 9.64. The van der Waals surface area contributed by atoms with Crippen LogP contribution in [0.15, 0.2) is 36.8 Å². The van der Waals surface area contributed by atoms with Gasteiger partial charge in [-0.3, -0.25) is 4.57 Å². The topological polar surface area (TPSA) is 87.0 Å². The van der Waals surface area contributed by atoms with Gasteiger partial charge >= 0.3 is 0 Å². The second-order valence-corrected chi connectivity index (χ2v) is 9.93. The highest BCUT2D eigenvalue weighted by Crippen LogP contribution is 2.42. The van der Waals surface area contributed by atoms with E-state index < -0.39 is 0 Å². The molecular formula is C26H35N9. The molecule has 0 spiro atoms. The van der Waals surface area contributed by atoms with Crippen molar-refractivity contribution in [1.29, 1.82) is 0 Å². The van der Waals surface area contributed by atoms with Crippen LogP contribution in [0.3, 0.4) is 0 Å². The third kappa shape index (κ3) is 4.11. The first-order valence-corrected chi connectivity index (χ1v) is 13.1. The molecule has 9 nitrogen and oxygen atoms in total. The Morgan fingerprint density at radius 2 is 1.89 bits per heavy atom. The molecule has 4 heterocycles. The molecule has 184 valence electrons. The highest BCUT2D eigenvalue weighted by atomic mass is 15.4. The monoisotopic (exact) mass is 473 g/mol. The fourth-order valence-electron chi connectivity index (χ4n) is 5.89. The summed E-state index contributed by atoms with van der Waals surface area (Å²) >= 11 is 0. The first-order valence-electron chi connectivity index (χ1n) is 13.1. The summed E-state index contributed by atoms with van der Waals surface area (Å²) in [5.74, 6) is 2.65. The Morgan fingerprint density at radius 3 is 2.63 bits per heavy atom. The van der Waals surface area contributed by atoms with Gasteiger partial charge in [-0.15, -0.1) is 10.2 Å². The Labute approximate surface area is 207 Å². The van der Waals surface area contributed by atoms with Crippen molar-refractivity contribution in [2.75, 3.05) is 41.3 Å². The lowest BCUT2D eigenvalue weighted by Gasteiger charge is -2.40. The smallest absolute Gasteiger partial charge is 0.225 e. The van der Waals surface area contributed by atoms with Crippen LogP contribution in [-0.4, -0.2) is 57.0 Å². The predicted octanol–water partition coefficient (Wildman–Crippen LogP) is 3.85. The summed E-state index contributed by atoms with van der Waals surface area (Å²) in [7, 11) is 0. The molecular weight excluding hydrogens is 438 g/mol. The fourth-order valence-corrected chi connectivity index (χ4v) is 5.89. The molecule has 2 aromatic heterocycles. The summed E-state index contributed by atoms with van der Waals surface area (Å²) in [5, 5.41) is 15.7. The van der Waals surface area contributed by atoms with Gasteiger partial charge in [0.2, 0.25) is 5.95 Å². The lowest BCUT2D eigenvalue weighted by Crippen LogP contribution is -2.43. The number of hydrogen-bond acceptors (Lipinski definition) is 8. The molecule has 1 saturated heterocycles. The van der Waals surface area contributed by atoms with Crippen LogP contribution < -0.4 is 20.4 Å². The van der Waals surface area contributed by atoms with Crippen molar-refractivity contribution in [2.45, 2.75) is 64.1 Å². The SMILES string of the molecule is CC[C@@H]1c2nncn2-c2cnc(NC(C)c3ccc(N4CCNCC4)cc3)nc2N1C1CCCC1. The maximum absolute atomic E-state index is 5.08. The van der Waals surface area contributed by atoms with Crippen LogP contribution in [0, 0.1) is 0 Å². The first kappa shape index (κ1) is 22.3. The molecule has 6 rings (SSSR count). The van der Waals surface area contributed by atoms with E-state index in [1.165, 1.54) is 36.9 Å². The van der Waals surface area contributed by atoms with Crippen LogP contribution in [0.4, 0.5) is 17.5 Å². The van der Waals surface area contributed by atoms with Crippen molar-refractivity contribution in [3.8, 4) is 5.69 Å². The zero-order chi connectivity index (χ0) is 23.8. The van der Waals surface area contributed by atoms with E-state index in [-0.39, 0.29) is 12.1 Å². The summed E-state index contributed by atoms with van der Waals surface area (Å²) in [6.45, 7) is 8.60. The molecule has 0 bridgehead atoms. The summed E-state index contributed by atoms with van der Waals surface area (Å²) in [5.41, 5.74) is 3.49. The standard InChI is InChI=1S/C26H35N9/c1-3-22-25-32-29-17-34(25)23-16-28-26(31-24(23)35(22)21-6-4-5-7-21)30-18(2)19-8-10-20(11-9-19)33-14-12-27-13-15-33/h8-11,16-18,21-22,27H,3-7,12-15H2,1-2H3,(H,28,30,31)/t18?,22-/m1/s1. The van der Waals surface area contributed by atoms with E-state index >= 15 is 0 Å². The highest BCUT2D eigenvalue weighted by molar-refractivity contribution is 5.63. The van der Waals surface area contributed by atoms with Crippen molar-refractivity contribution in [2.24, 2.45) is 0 Å². The third-order valence-electron chi connectivity index (χ3n) is 7.79. The summed E-state index contributed by atoms with van der Waals surface area (Å²) < 4.78 is 2.07. The summed E-state index contributed by atoms with van der Waals surface area (Å²) in [4.78, 5) is 14.7. The summed E-state index contributed by atoms with van der Waals surface area (Å²) in [6, 6.07) is 9.67. The molecule has 1 unspecified atom stereocenters. The average Bonchev–Trinajstić information content (AvgIpc) is 3.61. The van der Waals surface area contributed by atoms with Crippen molar-refractivity contribution in [3.63, 3.8) is 0 Å². The number of fused-ring (bicyclic) bond motifs is 3. The first-order chi connectivity index (χ1) is 17.2. The van der Waals surface area contributed by atoms with Crippen LogP contribution in [0.1, 0.15) is 69.4 Å². The average molecular weight is 474 g/mol. The van der Waals surface area contributed by atoms with Crippen molar-refractivity contribution in [1.82, 2.24) is 30.0 Å². The Bertz CT molecular complexity index is 1150. The van der Waals surface area contributed by atoms with Gasteiger partial charge in [0.05, 0.1) is 18.3 Å². The number of nitrogens with zero attached hydrogens (tertiary/aromatic N) is 7. The van der Waals surface area contributed by atoms with E-state index in [0.29, 0.717) is 12.0 Å². The van der Waals surface area contributed by atoms with Crippen LogP contribution in [0.5, 0.6) is 0 Å². The maximum Gasteiger partial charge on any atom is 0.225 e. The highest BCUT2D eigenvalue weighted by Gasteiger charge is 2.38. The van der Waals surface area contributed by atoms with E-state index in [9.17, 15) is 0 Å². The molecule has 9 heteroatoms. The number of nitrogens with one attached hydrogen (secondary N) is 2. The van der Waals surface area contributed by atoms with Crippen LogP contribution in [-0.2, 0) is 0 Å². The molecule has 1 saturated carbocycles. The van der Waals surface area contributed by atoms with Crippen molar-refractivity contribution < 1.29 is 0 Å². The number of rotatable bonds is 6. The second-order valence-electron chi connectivity index (χ2n) is 9.93. The quantitative estimate of drug-likeness (QED) is 0.558. The van der Waals surface area contributed by atoms with Gasteiger partial charge in [-0.25, -0.2) is 4.98 Å². The molecule has 3 aromatic rings. The van der Waals surface area contributed by atoms with Gasteiger partial charge in [0.1, 0.15) is 12.0 Å². The molecule has 2 aliphatic heterocycles. The normalized spacial score (nSPS) is 21.0. The largest absolute Gasteiger partial charge is 0.369 e. The molecule has 1 aromatic carbocycles. The van der Waals surface area contributed by atoms with Gasteiger partial charge in [-0.05, 0) is 43.9 Å². The van der Waals surface area contributed by atoms with Gasteiger partial charge in [0, 0.05) is 37.9 Å². The number of aromatic nitrogens is 5. The van der Waals surface area contributed by atoms with Gasteiger partial charge in [-0.2, -0.15) is 4.98 Å². The number of hydrogen-bond donors (Lipinski definition) is 2. The molecule has 2 N–H and O–H groups in total. The minimum absolute atomic E-state index is 0.0982. The third-order valence-corrected chi connectivity index (χ3v) is 7.79. The molecule has 3 aliphatic rings. The second kappa shape index (κ2) is 9.45.